The maximum Gasteiger partial charge on any atom is 0.152 e. The number of phenolic OH excluding ortho intramolecular Hbond substituents is 2. The molecule has 0 amide bonds. The minimum Gasteiger partial charge on any atom is -0.507 e. The van der Waals surface area contributed by atoms with Gasteiger partial charge >= 0.3 is 0 Å². The van der Waals surface area contributed by atoms with Gasteiger partial charge < -0.3 is 19.0 Å². The second-order valence-corrected chi connectivity index (χ2v) is 39.9. The van der Waals surface area contributed by atoms with Crippen molar-refractivity contribution < 1.29 is 61.2 Å². The number of para-hydroxylation sites is 4. The van der Waals surface area contributed by atoms with Gasteiger partial charge in [-0.15, -0.1) is 53.1 Å². The zero-order valence-electron chi connectivity index (χ0n) is 78.0. The quantitative estimate of drug-likeness (QED) is 0.109. The number of nitrogens with zero attached hydrogens (tertiary/aromatic N) is 6. The maximum absolute atomic E-state index is 12.5. The van der Waals surface area contributed by atoms with Crippen LogP contribution < -0.4 is 0 Å². The van der Waals surface area contributed by atoms with E-state index in [1.807, 2.05) is 36.7 Å². The molecule has 6 aromatic heterocycles. The molecule has 12 heteroatoms. The van der Waals surface area contributed by atoms with Gasteiger partial charge in [0.2, 0.25) is 0 Å². The summed E-state index contributed by atoms with van der Waals surface area (Å²) in [5.74, 6) is 1.80. The van der Waals surface area contributed by atoms with E-state index in [1.165, 1.54) is 5.56 Å². The van der Waals surface area contributed by atoms with Gasteiger partial charge in [-0.25, -0.2) is 9.97 Å². The molecule has 0 aliphatic heterocycles. The first-order chi connectivity index (χ1) is 64.0. The van der Waals surface area contributed by atoms with E-state index >= 15 is 0 Å². The van der Waals surface area contributed by atoms with Gasteiger partial charge in [-0.1, -0.05) is 392 Å². The molecule has 6 heterocycles. The summed E-state index contributed by atoms with van der Waals surface area (Å²) in [6.45, 7) is 30.8. The number of rotatable bonds is 13. The van der Waals surface area contributed by atoms with E-state index in [0.29, 0.717) is 22.8 Å². The number of benzene rings is 16. The van der Waals surface area contributed by atoms with Crippen molar-refractivity contribution in [2.24, 2.45) is 0 Å². The summed E-state index contributed by atoms with van der Waals surface area (Å²) in [7, 11) is 0. The molecule has 0 unspecified atom stereocenters. The molecular weight excluding hydrogens is 2020 g/mol. The molecule has 2 N–H and O–H groups in total. The van der Waals surface area contributed by atoms with E-state index in [4.69, 9.17) is 28.8 Å². The van der Waals surface area contributed by atoms with Crippen LogP contribution in [0.5, 0.6) is 11.5 Å². The Morgan fingerprint density at radius 2 is 0.652 bits per heavy atom. The molecule has 0 spiro atoms. The number of fused-ring (bicyclic) bond motifs is 12. The Hall–Kier alpha value is -14.1. The van der Waals surface area contributed by atoms with E-state index in [-0.39, 0.29) is 80.7 Å². The summed E-state index contributed by atoms with van der Waals surface area (Å²) in [4.78, 5) is 21.4. The molecule has 135 heavy (non-hydrogen) atoms. The van der Waals surface area contributed by atoms with Crippen LogP contribution in [0.1, 0.15) is 130 Å². The van der Waals surface area contributed by atoms with Gasteiger partial charge in [0.25, 0.3) is 0 Å². The Balaban J connectivity index is 0.000000171. The molecule has 10 nitrogen and oxygen atoms in total. The number of aromatic hydroxyl groups is 2. The fraction of sp³-hybridized carbons (Fsp3) is 0.154. The van der Waals surface area contributed by atoms with Crippen molar-refractivity contribution in [2.75, 3.05) is 0 Å². The number of imidazole rings is 2. The summed E-state index contributed by atoms with van der Waals surface area (Å²) in [5.41, 5.74) is 28.2. The average molecular weight is 2120 g/mol. The Morgan fingerprint density at radius 1 is 0.281 bits per heavy atom. The zero-order chi connectivity index (χ0) is 91.7. The van der Waals surface area contributed by atoms with Gasteiger partial charge in [0.15, 0.2) is 11.2 Å². The van der Waals surface area contributed by atoms with Crippen LogP contribution in [-0.2, 0) is 69.2 Å². The van der Waals surface area contributed by atoms with E-state index < -0.39 is 0 Å². The minimum atomic E-state index is -0.388. The fourth-order valence-electron chi connectivity index (χ4n) is 19.2. The number of pyridine rings is 2. The first-order valence-electron chi connectivity index (χ1n) is 45.8. The van der Waals surface area contributed by atoms with E-state index in [1.54, 1.807) is 0 Å². The van der Waals surface area contributed by atoms with Crippen molar-refractivity contribution in [3.63, 3.8) is 0 Å². The van der Waals surface area contributed by atoms with Crippen LogP contribution in [-0.4, -0.2) is 39.3 Å². The summed E-state index contributed by atoms with van der Waals surface area (Å²) in [5, 5.41) is 33.5. The molecule has 22 aromatic rings. The summed E-state index contributed by atoms with van der Waals surface area (Å²) < 4.78 is 17.5. The maximum atomic E-state index is 12.5. The third-order valence-corrected chi connectivity index (χ3v) is 26.6. The number of furan rings is 2. The zero-order valence-corrected chi connectivity index (χ0v) is 82.6. The Kier molecular flexibility index (Phi) is 23.4. The van der Waals surface area contributed by atoms with E-state index in [9.17, 15) is 10.2 Å². The van der Waals surface area contributed by atoms with Crippen molar-refractivity contribution in [1.29, 1.82) is 0 Å². The molecule has 0 fully saturated rings. The van der Waals surface area contributed by atoms with Crippen molar-refractivity contribution >= 4 is 87.5 Å². The number of aromatic nitrogens is 6. The van der Waals surface area contributed by atoms with Crippen molar-refractivity contribution in [3.8, 4) is 124 Å². The molecule has 0 radical (unpaired) electrons. The molecule has 0 bridgehead atoms. The number of phenols is 2. The minimum absolute atomic E-state index is 0. The van der Waals surface area contributed by atoms with Gasteiger partial charge in [0.1, 0.15) is 34.3 Å². The molecular formula is C123H102N6O4Pt2-2. The van der Waals surface area contributed by atoms with Crippen LogP contribution >= 0.6 is 0 Å². The van der Waals surface area contributed by atoms with Crippen LogP contribution in [0.2, 0.25) is 0 Å². The molecule has 0 aliphatic carbocycles. The third kappa shape index (κ3) is 16.5. The normalized spacial score (nSPS) is 12.2. The van der Waals surface area contributed by atoms with E-state index in [0.717, 1.165) is 205 Å². The Morgan fingerprint density at radius 3 is 1.09 bits per heavy atom. The second kappa shape index (κ2) is 35.0. The molecule has 0 saturated carbocycles. The molecule has 16 aromatic carbocycles. The SMILES string of the molecule is CC(C)(C)c1cc(-c2nc3c(-c4[c-]c(-c5cc6c(cn5)oc5c7ccccc7ccc65)cc(-c5ccccc5)c4)cccc3n2-c2ccccc2-c2ccccc2)c(O)c(C(C)(C)C)c1.CC(C)(C)c1cc(-c2nc3c(-c4[c-]c(-c5cc6c(cn5)oc5c7ccccc7ccc65)cc(C(C)(C)c5ccccc5)c4)cccc3n2-c2ccccc2-c2ccccc2)c(O)c(C(C)(C)C)c1.[Pt].[Pt]. The first-order valence-corrected chi connectivity index (χ1v) is 45.8. The van der Waals surface area contributed by atoms with Crippen LogP contribution in [0.3, 0.4) is 0 Å². The van der Waals surface area contributed by atoms with Crippen molar-refractivity contribution in [2.45, 2.75) is 124 Å². The molecule has 0 saturated heterocycles. The summed E-state index contributed by atoms with van der Waals surface area (Å²) >= 11 is 0. The van der Waals surface area contributed by atoms with E-state index in [2.05, 4.69) is 434 Å². The monoisotopic (exact) mass is 2120 g/mol. The molecule has 22 rings (SSSR count). The number of hydrogen-bond acceptors (Lipinski definition) is 8. The molecule has 0 aliphatic rings. The predicted octanol–water partition coefficient (Wildman–Crippen LogP) is 32.5. The smallest absolute Gasteiger partial charge is 0.152 e. The summed E-state index contributed by atoms with van der Waals surface area (Å²) in [6.07, 6.45) is 3.69. The van der Waals surface area contributed by atoms with Crippen LogP contribution in [0, 0.1) is 12.1 Å². The van der Waals surface area contributed by atoms with Crippen LogP contribution in [0.25, 0.3) is 200 Å². The largest absolute Gasteiger partial charge is 0.507 e. The first kappa shape index (κ1) is 90.0. The van der Waals surface area contributed by atoms with Crippen LogP contribution in [0.15, 0.2) is 361 Å². The fourth-order valence-corrected chi connectivity index (χ4v) is 19.2. The topological polar surface area (TPSA) is 128 Å². The second-order valence-electron chi connectivity index (χ2n) is 39.9. The molecule has 670 valence electrons. The Bertz CT molecular complexity index is 8350. The summed E-state index contributed by atoms with van der Waals surface area (Å²) in [6, 6.07) is 127. The van der Waals surface area contributed by atoms with Gasteiger partial charge in [-0.2, -0.15) is 0 Å². The standard InChI is InChI=1S/C63H54N3O2.C60H48N3O2.2Pt/c1-61(2,3)44-35-51(58(67)52(36-44)62(4,5)6)60-65-57-47(27-19-29-55(57)66(60)54-28-18-17-25-46(54)39-20-11-9-12-21-39)41-32-42(34-45(33-41)63(7,8)43-23-13-10-14-24-43)53-37-50-49-31-30-40-22-15-16-26-48(40)59(49)68-56(50)38-64-53;1-59(2,3)43-33-49(56(64)50(34-43)60(4,5)6)58-62-55-45(25-17-27-53(55)63(58)52-26-16-15-23-44(52)38-20-11-8-12-21-38)41-30-40(37-18-9-7-10-19-37)31-42(32-41)51-35-48-47-29-28-39-22-13-14-24-46(39)57(47)65-54(48)36-61-51;;/h9-31,33-38,67H,1-8H3;7-31,33-36,64H,1-6H3;;/q2*-1;;. The van der Waals surface area contributed by atoms with Crippen molar-refractivity contribution in [3.05, 3.63) is 398 Å². The van der Waals surface area contributed by atoms with Crippen molar-refractivity contribution in [1.82, 2.24) is 29.1 Å². The van der Waals surface area contributed by atoms with Gasteiger partial charge in [0, 0.05) is 114 Å². The molecule has 0 atom stereocenters. The predicted molar refractivity (Wildman–Crippen MR) is 551 cm³/mol. The third-order valence-electron chi connectivity index (χ3n) is 26.6. The average Bonchev–Trinajstić information content (AvgIpc) is 1.60. The number of hydrogen-bond donors (Lipinski definition) is 2. The van der Waals surface area contributed by atoms with Crippen LogP contribution in [0.4, 0.5) is 0 Å². The van der Waals surface area contributed by atoms with Gasteiger partial charge in [-0.05, 0) is 114 Å². The Labute approximate surface area is 816 Å². The van der Waals surface area contributed by atoms with Gasteiger partial charge in [0.05, 0.1) is 57.0 Å². The van der Waals surface area contributed by atoms with Gasteiger partial charge in [-0.3, -0.25) is 19.1 Å².